The SMILES string of the molecule is CCc1ccc2c(c1)OC1(C=C2)CCN(CCC(=O)O)CC1. The van der Waals surface area contributed by atoms with E-state index in [0.29, 0.717) is 6.54 Å². The molecule has 2 heterocycles. The van der Waals surface area contributed by atoms with Gasteiger partial charge in [-0.05, 0) is 24.1 Å². The summed E-state index contributed by atoms with van der Waals surface area (Å²) in [4.78, 5) is 12.9. The van der Waals surface area contributed by atoms with Crippen LogP contribution < -0.4 is 4.74 Å². The Morgan fingerprint density at radius 3 is 2.82 bits per heavy atom. The van der Waals surface area contributed by atoms with Crippen LogP contribution in [0, 0.1) is 0 Å². The number of rotatable bonds is 4. The molecule has 22 heavy (non-hydrogen) atoms. The van der Waals surface area contributed by atoms with Crippen LogP contribution in [0.15, 0.2) is 24.3 Å². The van der Waals surface area contributed by atoms with Crippen LogP contribution in [-0.2, 0) is 11.2 Å². The number of likely N-dealkylation sites (tertiary alicyclic amines) is 1. The van der Waals surface area contributed by atoms with Gasteiger partial charge in [-0.2, -0.15) is 0 Å². The number of hydrogen-bond donors (Lipinski definition) is 1. The van der Waals surface area contributed by atoms with Crippen LogP contribution in [0.1, 0.15) is 37.3 Å². The average Bonchev–Trinajstić information content (AvgIpc) is 2.53. The van der Waals surface area contributed by atoms with E-state index in [0.717, 1.165) is 43.7 Å². The molecule has 1 aromatic rings. The van der Waals surface area contributed by atoms with Crippen LogP contribution in [0.4, 0.5) is 0 Å². The molecular weight excluding hydrogens is 278 g/mol. The van der Waals surface area contributed by atoms with Crippen LogP contribution in [0.3, 0.4) is 0 Å². The highest BCUT2D eigenvalue weighted by atomic mass is 16.5. The molecule has 2 aliphatic heterocycles. The van der Waals surface area contributed by atoms with Gasteiger partial charge in [-0.25, -0.2) is 0 Å². The maximum Gasteiger partial charge on any atom is 0.304 e. The van der Waals surface area contributed by atoms with Gasteiger partial charge in [0.15, 0.2) is 0 Å². The van der Waals surface area contributed by atoms with Crippen molar-refractivity contribution in [3.8, 4) is 5.75 Å². The molecule has 1 fully saturated rings. The van der Waals surface area contributed by atoms with Gasteiger partial charge in [-0.15, -0.1) is 0 Å². The van der Waals surface area contributed by atoms with Crippen molar-refractivity contribution in [1.82, 2.24) is 4.90 Å². The third kappa shape index (κ3) is 3.17. The van der Waals surface area contributed by atoms with Gasteiger partial charge in [0, 0.05) is 38.0 Å². The molecule has 118 valence electrons. The quantitative estimate of drug-likeness (QED) is 0.929. The Kier molecular flexibility index (Phi) is 4.21. The maximum atomic E-state index is 10.7. The van der Waals surface area contributed by atoms with Gasteiger partial charge in [-0.1, -0.05) is 25.1 Å². The highest BCUT2D eigenvalue weighted by Crippen LogP contribution is 2.37. The van der Waals surface area contributed by atoms with E-state index in [2.05, 4.69) is 42.2 Å². The molecule has 1 N–H and O–H groups in total. The van der Waals surface area contributed by atoms with E-state index < -0.39 is 5.97 Å². The Morgan fingerprint density at radius 2 is 2.14 bits per heavy atom. The molecule has 3 rings (SSSR count). The van der Waals surface area contributed by atoms with Crippen molar-refractivity contribution in [2.45, 2.75) is 38.2 Å². The number of aliphatic carboxylic acids is 1. The Labute approximate surface area is 131 Å². The molecule has 4 nitrogen and oxygen atoms in total. The predicted molar refractivity (Wildman–Crippen MR) is 86.1 cm³/mol. The lowest BCUT2D eigenvalue weighted by molar-refractivity contribution is -0.137. The molecule has 0 atom stereocenters. The summed E-state index contributed by atoms with van der Waals surface area (Å²) in [6.07, 6.45) is 7.42. The number of fused-ring (bicyclic) bond motifs is 1. The van der Waals surface area contributed by atoms with E-state index in [4.69, 9.17) is 9.84 Å². The van der Waals surface area contributed by atoms with Crippen molar-refractivity contribution in [3.05, 3.63) is 35.4 Å². The minimum absolute atomic E-state index is 0.209. The highest BCUT2D eigenvalue weighted by molar-refractivity contribution is 5.66. The van der Waals surface area contributed by atoms with Crippen molar-refractivity contribution in [2.24, 2.45) is 0 Å². The molecule has 0 radical (unpaired) electrons. The van der Waals surface area contributed by atoms with Gasteiger partial charge < -0.3 is 14.7 Å². The number of hydrogen-bond acceptors (Lipinski definition) is 3. The number of piperidine rings is 1. The third-order valence-corrected chi connectivity index (χ3v) is 4.71. The molecule has 0 unspecified atom stereocenters. The third-order valence-electron chi connectivity index (χ3n) is 4.71. The van der Waals surface area contributed by atoms with Gasteiger partial charge in [0.05, 0.1) is 6.42 Å². The van der Waals surface area contributed by atoms with Crippen molar-refractivity contribution in [2.75, 3.05) is 19.6 Å². The van der Waals surface area contributed by atoms with Gasteiger partial charge in [0.25, 0.3) is 0 Å². The van der Waals surface area contributed by atoms with E-state index in [-0.39, 0.29) is 12.0 Å². The standard InChI is InChI=1S/C18H23NO3/c1-2-14-3-4-15-5-7-18(22-16(15)13-14)8-11-19(12-9-18)10-6-17(20)21/h3-5,7,13H,2,6,8-12H2,1H3,(H,20,21). The van der Waals surface area contributed by atoms with E-state index in [1.54, 1.807) is 0 Å². The smallest absolute Gasteiger partial charge is 0.304 e. The maximum absolute atomic E-state index is 10.7. The summed E-state index contributed by atoms with van der Waals surface area (Å²) in [6.45, 7) is 4.56. The Morgan fingerprint density at radius 1 is 1.36 bits per heavy atom. The minimum atomic E-state index is -0.727. The number of carboxylic acids is 1. The summed E-state index contributed by atoms with van der Waals surface area (Å²) >= 11 is 0. The van der Waals surface area contributed by atoms with E-state index >= 15 is 0 Å². The average molecular weight is 301 g/mol. The molecule has 1 spiro atoms. The number of ether oxygens (including phenoxy) is 1. The number of benzene rings is 1. The number of carboxylic acid groups (broad SMARTS) is 1. The van der Waals surface area contributed by atoms with Gasteiger partial charge in [0.1, 0.15) is 11.4 Å². The molecule has 0 aliphatic carbocycles. The first-order valence-electron chi connectivity index (χ1n) is 8.05. The number of nitrogens with zero attached hydrogens (tertiary/aromatic N) is 1. The van der Waals surface area contributed by atoms with Crippen molar-refractivity contribution < 1.29 is 14.6 Å². The van der Waals surface area contributed by atoms with Gasteiger partial charge >= 0.3 is 5.97 Å². The molecule has 0 amide bonds. The molecule has 2 aliphatic rings. The van der Waals surface area contributed by atoms with Crippen LogP contribution in [0.2, 0.25) is 0 Å². The lowest BCUT2D eigenvalue weighted by Crippen LogP contribution is -2.48. The second kappa shape index (κ2) is 6.13. The van der Waals surface area contributed by atoms with Gasteiger partial charge in [-0.3, -0.25) is 4.79 Å². The molecule has 0 saturated carbocycles. The van der Waals surface area contributed by atoms with Crippen LogP contribution >= 0.6 is 0 Å². The first-order valence-corrected chi connectivity index (χ1v) is 8.05. The fraction of sp³-hybridized carbons (Fsp3) is 0.500. The summed E-state index contributed by atoms with van der Waals surface area (Å²) in [5.41, 5.74) is 2.23. The number of aryl methyl sites for hydroxylation is 1. The lowest BCUT2D eigenvalue weighted by atomic mass is 9.88. The van der Waals surface area contributed by atoms with Crippen LogP contribution in [0.25, 0.3) is 6.08 Å². The Bertz CT molecular complexity index is 586. The molecule has 0 bridgehead atoms. The zero-order valence-corrected chi connectivity index (χ0v) is 13.0. The fourth-order valence-corrected chi connectivity index (χ4v) is 3.20. The summed E-state index contributed by atoms with van der Waals surface area (Å²) in [7, 11) is 0. The molecule has 0 aromatic heterocycles. The number of carbonyl (C=O) groups is 1. The Hall–Kier alpha value is -1.81. The molecule has 1 saturated heterocycles. The van der Waals surface area contributed by atoms with E-state index in [9.17, 15) is 4.79 Å². The summed E-state index contributed by atoms with van der Waals surface area (Å²) < 4.78 is 6.35. The largest absolute Gasteiger partial charge is 0.482 e. The van der Waals surface area contributed by atoms with Gasteiger partial charge in [0.2, 0.25) is 0 Å². The second-order valence-corrected chi connectivity index (χ2v) is 6.21. The zero-order chi connectivity index (χ0) is 15.6. The van der Waals surface area contributed by atoms with Crippen molar-refractivity contribution in [3.63, 3.8) is 0 Å². The van der Waals surface area contributed by atoms with Crippen LogP contribution in [0.5, 0.6) is 5.75 Å². The summed E-state index contributed by atoms with van der Waals surface area (Å²) in [5, 5.41) is 8.78. The normalized spacial score (nSPS) is 19.7. The Balaban J connectivity index is 1.66. The minimum Gasteiger partial charge on any atom is -0.482 e. The summed E-state index contributed by atoms with van der Waals surface area (Å²) in [5.74, 6) is 0.260. The zero-order valence-electron chi connectivity index (χ0n) is 13.0. The molecule has 1 aromatic carbocycles. The first kappa shape index (κ1) is 15.1. The van der Waals surface area contributed by atoms with Crippen LogP contribution in [-0.4, -0.2) is 41.2 Å². The molecule has 4 heteroatoms. The van der Waals surface area contributed by atoms with E-state index in [1.807, 2.05) is 0 Å². The van der Waals surface area contributed by atoms with Crippen molar-refractivity contribution >= 4 is 12.0 Å². The fourth-order valence-electron chi connectivity index (χ4n) is 3.20. The van der Waals surface area contributed by atoms with E-state index in [1.165, 1.54) is 5.56 Å². The predicted octanol–water partition coefficient (Wildman–Crippen LogP) is 2.96. The lowest BCUT2D eigenvalue weighted by Gasteiger charge is -2.42. The second-order valence-electron chi connectivity index (χ2n) is 6.21. The van der Waals surface area contributed by atoms with Crippen molar-refractivity contribution in [1.29, 1.82) is 0 Å². The highest BCUT2D eigenvalue weighted by Gasteiger charge is 2.36. The topological polar surface area (TPSA) is 49.8 Å². The molecular formula is C18H23NO3. The summed E-state index contributed by atoms with van der Waals surface area (Å²) in [6, 6.07) is 6.43. The monoisotopic (exact) mass is 301 g/mol. The first-order chi connectivity index (χ1) is 10.6.